The Balaban J connectivity index is 1.85. The normalized spacial score (nSPS) is 11.0. The molecule has 0 fully saturated rings. The minimum absolute atomic E-state index is 0.0736. The topological polar surface area (TPSA) is 98.8 Å². The second kappa shape index (κ2) is 6.33. The third kappa shape index (κ3) is 3.14. The van der Waals surface area contributed by atoms with Gasteiger partial charge in [-0.1, -0.05) is 12.1 Å². The van der Waals surface area contributed by atoms with Crippen LogP contribution in [0, 0.1) is 5.82 Å². The number of aliphatic imine (C=N–C) groups is 1. The maximum Gasteiger partial charge on any atom is 0.335 e. The highest BCUT2D eigenvalue weighted by Crippen LogP contribution is 2.26. The molecule has 2 aromatic carbocycles. The molecule has 0 saturated carbocycles. The van der Waals surface area contributed by atoms with E-state index in [9.17, 15) is 14.3 Å². The van der Waals surface area contributed by atoms with Crippen LogP contribution in [-0.4, -0.2) is 22.3 Å². The third-order valence-corrected chi connectivity index (χ3v) is 3.17. The summed E-state index contributed by atoms with van der Waals surface area (Å²) in [6.07, 6.45) is 1.19. The molecule has 0 amide bonds. The average Bonchev–Trinajstić information content (AvgIpc) is 2.94. The summed E-state index contributed by atoms with van der Waals surface area (Å²) in [6, 6.07) is 11.6. The first kappa shape index (κ1) is 15.4. The first-order valence-electron chi connectivity index (χ1n) is 6.85. The molecule has 6 nitrogen and oxygen atoms in total. The Bertz CT molecular complexity index is 917. The van der Waals surface area contributed by atoms with E-state index in [1.54, 1.807) is 6.07 Å². The van der Waals surface area contributed by atoms with Crippen LogP contribution in [0.2, 0.25) is 0 Å². The monoisotopic (exact) mass is 325 g/mol. The van der Waals surface area contributed by atoms with Crippen LogP contribution in [0.5, 0.6) is 5.95 Å². The van der Waals surface area contributed by atoms with Gasteiger partial charge < -0.3 is 14.6 Å². The van der Waals surface area contributed by atoms with Crippen LogP contribution in [0.25, 0.3) is 11.5 Å². The van der Waals surface area contributed by atoms with Gasteiger partial charge >= 0.3 is 5.97 Å². The fourth-order valence-electron chi connectivity index (χ4n) is 1.98. The highest BCUT2D eigenvalue weighted by molar-refractivity contribution is 5.88. The molecule has 0 saturated heterocycles. The number of hydrogen-bond donors (Lipinski definition) is 1. The first-order chi connectivity index (χ1) is 11.5. The van der Waals surface area contributed by atoms with Gasteiger partial charge in [-0.05, 0) is 36.4 Å². The fraction of sp³-hybridized carbons (Fsp3) is 0. The van der Waals surface area contributed by atoms with Crippen molar-refractivity contribution in [2.24, 2.45) is 4.99 Å². The number of rotatable bonds is 4. The van der Waals surface area contributed by atoms with Gasteiger partial charge in [0, 0.05) is 5.56 Å². The molecule has 3 aromatic rings. The molecular formula is C17H10FN2O4-. The summed E-state index contributed by atoms with van der Waals surface area (Å²) in [5, 5.41) is 20.6. The third-order valence-electron chi connectivity index (χ3n) is 3.17. The molecule has 0 spiro atoms. The number of benzene rings is 2. The quantitative estimate of drug-likeness (QED) is 0.743. The van der Waals surface area contributed by atoms with Crippen molar-refractivity contribution in [1.82, 2.24) is 4.98 Å². The van der Waals surface area contributed by atoms with Crippen LogP contribution in [0.15, 0.2) is 57.9 Å². The molecule has 1 N–H and O–H groups in total. The Morgan fingerprint density at radius 2 is 1.92 bits per heavy atom. The molecule has 0 aliphatic heterocycles. The van der Waals surface area contributed by atoms with Crippen LogP contribution in [-0.2, 0) is 0 Å². The van der Waals surface area contributed by atoms with Crippen LogP contribution < -0.4 is 5.11 Å². The number of carboxylic acids is 1. The Hall–Kier alpha value is -3.48. The molecule has 0 aliphatic carbocycles. The summed E-state index contributed by atoms with van der Waals surface area (Å²) >= 11 is 0. The van der Waals surface area contributed by atoms with Crippen LogP contribution in [0.3, 0.4) is 0 Å². The van der Waals surface area contributed by atoms with E-state index in [-0.39, 0.29) is 22.7 Å². The predicted octanol–water partition coefficient (Wildman–Crippen LogP) is 3.00. The average molecular weight is 325 g/mol. The van der Waals surface area contributed by atoms with Gasteiger partial charge in [-0.3, -0.25) is 4.99 Å². The minimum atomic E-state index is -1.04. The van der Waals surface area contributed by atoms with Crippen molar-refractivity contribution in [3.63, 3.8) is 0 Å². The van der Waals surface area contributed by atoms with Gasteiger partial charge in [0.2, 0.25) is 0 Å². The van der Waals surface area contributed by atoms with E-state index in [4.69, 9.17) is 9.52 Å². The molecule has 120 valence electrons. The number of hydrogen-bond acceptors (Lipinski definition) is 5. The minimum Gasteiger partial charge on any atom is -0.562 e. The highest BCUT2D eigenvalue weighted by atomic mass is 19.1. The predicted molar refractivity (Wildman–Crippen MR) is 82.0 cm³/mol. The Morgan fingerprint density at radius 3 is 2.58 bits per heavy atom. The van der Waals surface area contributed by atoms with Crippen LogP contribution >= 0.6 is 0 Å². The van der Waals surface area contributed by atoms with Crippen molar-refractivity contribution < 1.29 is 23.8 Å². The standard InChI is InChI=1S/C17H11FN2O4/c18-13-4-2-1-3-12(13)15-20-14(17(23)24-15)9-19-11-7-5-10(6-8-11)16(21)22/h1-9,23H,(H,21,22)/p-1. The molecule has 0 radical (unpaired) electrons. The lowest BCUT2D eigenvalue weighted by Crippen LogP contribution is -1.94. The van der Waals surface area contributed by atoms with Crippen molar-refractivity contribution in [3.8, 4) is 17.4 Å². The maximum atomic E-state index is 13.7. The number of aromatic nitrogens is 1. The molecule has 7 heteroatoms. The van der Waals surface area contributed by atoms with Gasteiger partial charge in [0.25, 0.3) is 0 Å². The molecule has 0 aliphatic rings. The number of nitrogens with zero attached hydrogens (tertiary/aromatic N) is 2. The molecule has 0 unspecified atom stereocenters. The second-order valence-corrected chi connectivity index (χ2v) is 4.78. The van der Waals surface area contributed by atoms with Crippen molar-refractivity contribution >= 4 is 17.9 Å². The van der Waals surface area contributed by atoms with Crippen molar-refractivity contribution in [3.05, 3.63) is 65.6 Å². The second-order valence-electron chi connectivity index (χ2n) is 4.78. The van der Waals surface area contributed by atoms with Crippen LogP contribution in [0.1, 0.15) is 16.1 Å². The summed E-state index contributed by atoms with van der Waals surface area (Å²) in [5.74, 6) is -2.45. The number of halogens is 1. The molecular weight excluding hydrogens is 315 g/mol. The zero-order valence-corrected chi connectivity index (χ0v) is 12.1. The lowest BCUT2D eigenvalue weighted by molar-refractivity contribution is -0.293. The molecule has 1 heterocycles. The smallest absolute Gasteiger partial charge is 0.335 e. The summed E-state index contributed by atoms with van der Waals surface area (Å²) in [7, 11) is 0. The summed E-state index contributed by atoms with van der Waals surface area (Å²) < 4.78 is 18.6. The highest BCUT2D eigenvalue weighted by Gasteiger charge is 2.08. The van der Waals surface area contributed by atoms with Gasteiger partial charge in [0.1, 0.15) is 17.4 Å². The van der Waals surface area contributed by atoms with E-state index in [1.807, 2.05) is 0 Å². The molecule has 0 bridgehead atoms. The van der Waals surface area contributed by atoms with E-state index >= 15 is 0 Å². The number of oxazole rings is 1. The van der Waals surface area contributed by atoms with E-state index in [0.29, 0.717) is 5.69 Å². The first-order valence-corrected chi connectivity index (χ1v) is 6.85. The molecule has 3 rings (SSSR count). The number of carbonyl (C=O) groups is 1. The number of aromatic carboxylic acids is 1. The van der Waals surface area contributed by atoms with Gasteiger partial charge in [-0.15, -0.1) is 0 Å². The van der Waals surface area contributed by atoms with E-state index in [0.717, 1.165) is 0 Å². The summed E-state index contributed by atoms with van der Waals surface area (Å²) in [4.78, 5) is 18.7. The van der Waals surface area contributed by atoms with Crippen molar-refractivity contribution in [2.75, 3.05) is 0 Å². The Kier molecular flexibility index (Phi) is 4.07. The van der Waals surface area contributed by atoms with Gasteiger partial charge in [0.05, 0.1) is 23.4 Å². The fourth-order valence-corrected chi connectivity index (χ4v) is 1.98. The summed E-state index contributed by atoms with van der Waals surface area (Å²) in [6.45, 7) is 0. The van der Waals surface area contributed by atoms with E-state index in [1.165, 1.54) is 48.7 Å². The van der Waals surface area contributed by atoms with Crippen LogP contribution in [0.4, 0.5) is 10.1 Å². The van der Waals surface area contributed by atoms with Gasteiger partial charge in [-0.2, -0.15) is 0 Å². The van der Waals surface area contributed by atoms with Gasteiger partial charge in [-0.25, -0.2) is 14.2 Å². The lowest BCUT2D eigenvalue weighted by Gasteiger charge is -2.00. The van der Waals surface area contributed by atoms with Crippen molar-refractivity contribution in [2.45, 2.75) is 0 Å². The summed E-state index contributed by atoms with van der Waals surface area (Å²) in [5.41, 5.74) is 0.576. The van der Waals surface area contributed by atoms with E-state index < -0.39 is 17.7 Å². The molecule has 1 aromatic heterocycles. The molecule has 0 atom stereocenters. The largest absolute Gasteiger partial charge is 0.562 e. The van der Waals surface area contributed by atoms with Crippen molar-refractivity contribution in [1.29, 1.82) is 0 Å². The SMILES string of the molecule is O=C(O)c1ccc(N=Cc2nc(-c3ccccc3F)oc2[O-])cc1. The van der Waals surface area contributed by atoms with Gasteiger partial charge in [0.15, 0.2) is 0 Å². The van der Waals surface area contributed by atoms with E-state index in [2.05, 4.69) is 9.98 Å². The Labute approximate surface area is 135 Å². The lowest BCUT2D eigenvalue weighted by atomic mass is 10.2. The number of carboxylic acid groups (broad SMARTS) is 1. The Morgan fingerprint density at radius 1 is 1.21 bits per heavy atom. The molecule has 24 heavy (non-hydrogen) atoms. The zero-order valence-electron chi connectivity index (χ0n) is 12.1. The maximum absolute atomic E-state index is 13.7. The zero-order chi connectivity index (χ0) is 17.1.